The maximum Gasteiger partial charge on any atom is 0.0900 e. The van der Waals surface area contributed by atoms with Crippen LogP contribution in [-0.2, 0) is 20.1 Å². The number of hydrogen-bond acceptors (Lipinski definition) is 3. The van der Waals surface area contributed by atoms with Crippen LogP contribution in [0.5, 0.6) is 0 Å². The normalized spacial score (nSPS) is 10.9. The predicted molar refractivity (Wildman–Crippen MR) is 67.5 cm³/mol. The maximum absolute atomic E-state index is 4.42. The second-order valence-corrected chi connectivity index (χ2v) is 5.32. The third-order valence-corrected chi connectivity index (χ3v) is 3.58. The van der Waals surface area contributed by atoms with E-state index in [-0.39, 0.29) is 0 Å². The molecule has 3 nitrogen and oxygen atoms in total. The Bertz CT molecular complexity index is 470. The lowest BCUT2D eigenvalue weighted by Gasteiger charge is -2.01. The molecule has 0 fully saturated rings. The fourth-order valence-corrected chi connectivity index (χ4v) is 2.63. The van der Waals surface area contributed by atoms with Crippen molar-refractivity contribution < 1.29 is 0 Å². The Balaban J connectivity index is 1.86. The molecule has 16 heavy (non-hydrogen) atoms. The van der Waals surface area contributed by atoms with Gasteiger partial charge in [-0.2, -0.15) is 0 Å². The molecule has 0 aromatic carbocycles. The third kappa shape index (κ3) is 2.71. The van der Waals surface area contributed by atoms with Crippen molar-refractivity contribution in [3.05, 3.63) is 39.6 Å². The Morgan fingerprint density at radius 3 is 2.75 bits per heavy atom. The monoisotopic (exact) mass is 235 g/mol. The summed E-state index contributed by atoms with van der Waals surface area (Å²) in [6.45, 7) is 5.95. The van der Waals surface area contributed by atoms with Crippen molar-refractivity contribution in [2.75, 3.05) is 0 Å². The van der Waals surface area contributed by atoms with Crippen molar-refractivity contribution >= 4 is 11.3 Å². The van der Waals surface area contributed by atoms with Crippen LogP contribution in [-0.4, -0.2) is 9.55 Å². The molecular weight excluding hydrogens is 218 g/mol. The highest BCUT2D eigenvalue weighted by atomic mass is 32.1. The summed E-state index contributed by atoms with van der Waals surface area (Å²) < 4.78 is 2.07. The maximum atomic E-state index is 4.42. The summed E-state index contributed by atoms with van der Waals surface area (Å²) >= 11 is 1.78. The van der Waals surface area contributed by atoms with Crippen molar-refractivity contribution in [1.82, 2.24) is 14.9 Å². The first kappa shape index (κ1) is 11.4. The highest BCUT2D eigenvalue weighted by Gasteiger charge is 2.03. The number of nitrogens with one attached hydrogen (secondary N) is 1. The lowest BCUT2D eigenvalue weighted by atomic mass is 10.3. The molecule has 0 aliphatic rings. The van der Waals surface area contributed by atoms with Crippen LogP contribution in [0.15, 0.2) is 18.5 Å². The fourth-order valence-electron chi connectivity index (χ4n) is 1.72. The van der Waals surface area contributed by atoms with E-state index >= 15 is 0 Å². The second kappa shape index (κ2) is 4.80. The zero-order valence-electron chi connectivity index (χ0n) is 9.95. The van der Waals surface area contributed by atoms with Gasteiger partial charge in [-0.3, -0.25) is 0 Å². The Kier molecular flexibility index (Phi) is 3.41. The molecule has 0 spiro atoms. The number of hydrogen-bond donors (Lipinski definition) is 1. The summed E-state index contributed by atoms with van der Waals surface area (Å²) in [6, 6.07) is 2.14. The van der Waals surface area contributed by atoms with E-state index in [1.165, 1.54) is 10.4 Å². The molecule has 0 aliphatic heterocycles. The summed E-state index contributed by atoms with van der Waals surface area (Å²) in [5.74, 6) is 0. The van der Waals surface area contributed by atoms with Gasteiger partial charge in [-0.25, -0.2) is 4.98 Å². The molecule has 1 N–H and O–H groups in total. The second-order valence-electron chi connectivity index (χ2n) is 4.03. The van der Waals surface area contributed by atoms with E-state index in [1.54, 1.807) is 11.3 Å². The van der Waals surface area contributed by atoms with E-state index in [4.69, 9.17) is 0 Å². The van der Waals surface area contributed by atoms with Gasteiger partial charge in [0, 0.05) is 37.4 Å². The SMILES string of the molecule is Cc1nc(C)c(CNCc2ccn(C)c2)s1. The van der Waals surface area contributed by atoms with Crippen molar-refractivity contribution in [3.63, 3.8) is 0 Å². The molecule has 0 saturated carbocycles. The molecule has 0 radical (unpaired) electrons. The highest BCUT2D eigenvalue weighted by molar-refractivity contribution is 7.11. The third-order valence-electron chi connectivity index (χ3n) is 2.51. The van der Waals surface area contributed by atoms with Crippen LogP contribution in [0.1, 0.15) is 21.1 Å². The van der Waals surface area contributed by atoms with Crippen LogP contribution in [0.4, 0.5) is 0 Å². The van der Waals surface area contributed by atoms with Gasteiger partial charge in [0.05, 0.1) is 10.7 Å². The van der Waals surface area contributed by atoms with Gasteiger partial charge >= 0.3 is 0 Å². The Morgan fingerprint density at radius 2 is 2.19 bits per heavy atom. The van der Waals surface area contributed by atoms with Crippen LogP contribution in [0.3, 0.4) is 0 Å². The molecule has 0 atom stereocenters. The largest absolute Gasteiger partial charge is 0.357 e. The van der Waals surface area contributed by atoms with E-state index in [2.05, 4.69) is 47.2 Å². The molecule has 4 heteroatoms. The summed E-state index contributed by atoms with van der Waals surface area (Å²) in [6.07, 6.45) is 4.21. The molecule has 0 aliphatic carbocycles. The van der Waals surface area contributed by atoms with Crippen LogP contribution >= 0.6 is 11.3 Å². The number of thiazole rings is 1. The molecule has 2 rings (SSSR count). The molecule has 0 saturated heterocycles. The van der Waals surface area contributed by atoms with Crippen molar-refractivity contribution in [3.8, 4) is 0 Å². The molecule has 2 aromatic rings. The van der Waals surface area contributed by atoms with E-state index in [1.807, 2.05) is 7.05 Å². The fraction of sp³-hybridized carbons (Fsp3) is 0.417. The Hall–Kier alpha value is -1.13. The smallest absolute Gasteiger partial charge is 0.0900 e. The minimum Gasteiger partial charge on any atom is -0.357 e. The van der Waals surface area contributed by atoms with Crippen molar-refractivity contribution in [1.29, 1.82) is 0 Å². The molecule has 2 aromatic heterocycles. The van der Waals surface area contributed by atoms with E-state index in [9.17, 15) is 0 Å². The summed E-state index contributed by atoms with van der Waals surface area (Å²) in [7, 11) is 2.04. The van der Waals surface area contributed by atoms with Crippen molar-refractivity contribution in [2.45, 2.75) is 26.9 Å². The zero-order valence-corrected chi connectivity index (χ0v) is 10.8. The van der Waals surface area contributed by atoms with Gasteiger partial charge in [0.1, 0.15) is 0 Å². The first-order chi connectivity index (χ1) is 7.65. The van der Waals surface area contributed by atoms with Crippen LogP contribution in [0, 0.1) is 13.8 Å². The molecule has 0 amide bonds. The Labute approximate surface area is 100 Å². The minimum absolute atomic E-state index is 0.909. The molecule has 2 heterocycles. The number of aromatic nitrogens is 2. The van der Waals surface area contributed by atoms with Crippen LogP contribution in [0.25, 0.3) is 0 Å². The number of rotatable bonds is 4. The van der Waals surface area contributed by atoms with Gasteiger partial charge in [-0.1, -0.05) is 0 Å². The highest BCUT2D eigenvalue weighted by Crippen LogP contribution is 2.16. The Morgan fingerprint density at radius 1 is 1.38 bits per heavy atom. The lowest BCUT2D eigenvalue weighted by molar-refractivity contribution is 0.696. The van der Waals surface area contributed by atoms with Gasteiger partial charge in [0.25, 0.3) is 0 Å². The number of nitrogens with zero attached hydrogens (tertiary/aromatic N) is 2. The predicted octanol–water partition coefficient (Wildman–Crippen LogP) is 2.39. The zero-order chi connectivity index (χ0) is 11.5. The number of aryl methyl sites for hydroxylation is 3. The van der Waals surface area contributed by atoms with Gasteiger partial charge in [-0.15, -0.1) is 11.3 Å². The minimum atomic E-state index is 0.909. The quantitative estimate of drug-likeness (QED) is 0.882. The summed E-state index contributed by atoms with van der Waals surface area (Å²) in [5, 5.41) is 4.59. The van der Waals surface area contributed by atoms with E-state index < -0.39 is 0 Å². The topological polar surface area (TPSA) is 29.9 Å². The molecular formula is C12H17N3S. The molecule has 0 bridgehead atoms. The van der Waals surface area contributed by atoms with Crippen LogP contribution < -0.4 is 5.32 Å². The van der Waals surface area contributed by atoms with E-state index in [0.29, 0.717) is 0 Å². The summed E-state index contributed by atoms with van der Waals surface area (Å²) in [4.78, 5) is 5.76. The van der Waals surface area contributed by atoms with E-state index in [0.717, 1.165) is 23.8 Å². The molecule has 86 valence electrons. The molecule has 0 unspecified atom stereocenters. The average molecular weight is 235 g/mol. The lowest BCUT2D eigenvalue weighted by Crippen LogP contribution is -2.11. The van der Waals surface area contributed by atoms with Gasteiger partial charge in [0.2, 0.25) is 0 Å². The standard InChI is InChI=1S/C12H17N3S/c1-9-12(16-10(2)14-9)7-13-6-11-4-5-15(3)8-11/h4-5,8,13H,6-7H2,1-3H3. The first-order valence-corrected chi connectivity index (χ1v) is 6.21. The average Bonchev–Trinajstić information content (AvgIpc) is 2.74. The van der Waals surface area contributed by atoms with Crippen molar-refractivity contribution in [2.24, 2.45) is 7.05 Å². The first-order valence-electron chi connectivity index (χ1n) is 5.39. The van der Waals surface area contributed by atoms with Crippen LogP contribution in [0.2, 0.25) is 0 Å². The van der Waals surface area contributed by atoms with Gasteiger partial charge in [0.15, 0.2) is 0 Å². The van der Waals surface area contributed by atoms with Gasteiger partial charge < -0.3 is 9.88 Å². The summed E-state index contributed by atoms with van der Waals surface area (Å²) in [5.41, 5.74) is 2.48. The van der Waals surface area contributed by atoms with Gasteiger partial charge in [-0.05, 0) is 25.5 Å².